The molecule has 0 aromatic heterocycles. The first-order chi connectivity index (χ1) is 26.5. The summed E-state index contributed by atoms with van der Waals surface area (Å²) in [6.45, 7) is 9.34. The lowest BCUT2D eigenvalue weighted by atomic mass is 10.2. The fourth-order valence-electron chi connectivity index (χ4n) is 4.13. The highest BCUT2D eigenvalue weighted by molar-refractivity contribution is 5.74. The molecule has 0 bridgehead atoms. The van der Waals surface area contributed by atoms with Gasteiger partial charge in [0.05, 0.1) is 148 Å². The molecule has 0 saturated carbocycles. The van der Waals surface area contributed by atoms with Gasteiger partial charge >= 0.3 is 0 Å². The van der Waals surface area contributed by atoms with E-state index in [9.17, 15) is 25.0 Å². The summed E-state index contributed by atoms with van der Waals surface area (Å²) in [6, 6.07) is 10.3. The highest BCUT2D eigenvalue weighted by atomic mass is 16.6. The Morgan fingerprint density at radius 1 is 0.481 bits per heavy atom. The van der Waals surface area contributed by atoms with Crippen LogP contribution >= 0.6 is 0 Å². The number of nitro benzene ring substituents is 2. The molecular formula is C35H53N3O16. The van der Waals surface area contributed by atoms with Crippen LogP contribution in [0.25, 0.3) is 0 Å². The summed E-state index contributed by atoms with van der Waals surface area (Å²) in [7, 11) is 0. The number of non-ortho nitro benzene ring substituents is 1. The predicted octanol–water partition coefficient (Wildman–Crippen LogP) is 2.97. The molecule has 0 aliphatic heterocycles. The van der Waals surface area contributed by atoms with E-state index in [0.717, 1.165) is 12.4 Å². The SMILES string of the molecule is O=Cc1ccc(OCCOCCOCCOCCOCCOCCOCCOCCOCCOCCOCCNc2ccc([N+](=O)[O-])cc2[N+](=O)[O-])cc1. The van der Waals surface area contributed by atoms with Gasteiger partial charge < -0.3 is 57.4 Å². The number of aldehydes is 1. The van der Waals surface area contributed by atoms with Crippen LogP contribution in [0.5, 0.6) is 5.75 Å². The van der Waals surface area contributed by atoms with Crippen molar-refractivity contribution in [3.8, 4) is 5.75 Å². The summed E-state index contributed by atoms with van der Waals surface area (Å²) in [5.74, 6) is 0.691. The monoisotopic (exact) mass is 771 g/mol. The normalized spacial score (nSPS) is 11.1. The van der Waals surface area contributed by atoms with Gasteiger partial charge in [-0.1, -0.05) is 0 Å². The average Bonchev–Trinajstić information content (AvgIpc) is 3.18. The van der Waals surface area contributed by atoms with Gasteiger partial charge in [0.15, 0.2) is 0 Å². The lowest BCUT2D eigenvalue weighted by Gasteiger charge is -2.09. The molecule has 19 nitrogen and oxygen atoms in total. The van der Waals surface area contributed by atoms with Crippen molar-refractivity contribution in [3.63, 3.8) is 0 Å². The van der Waals surface area contributed by atoms with Crippen molar-refractivity contribution in [3.05, 3.63) is 68.3 Å². The zero-order valence-corrected chi connectivity index (χ0v) is 30.6. The van der Waals surface area contributed by atoms with Gasteiger partial charge in [-0.2, -0.15) is 0 Å². The number of anilines is 1. The fourth-order valence-corrected chi connectivity index (χ4v) is 4.13. The Balaban J connectivity index is 1.19. The summed E-state index contributed by atoms with van der Waals surface area (Å²) < 4.78 is 60.1. The number of hydrogen-bond donors (Lipinski definition) is 1. The molecule has 2 aromatic carbocycles. The molecule has 0 radical (unpaired) electrons. The minimum absolute atomic E-state index is 0.182. The second kappa shape index (κ2) is 32.5. The van der Waals surface area contributed by atoms with Crippen molar-refractivity contribution >= 4 is 23.3 Å². The highest BCUT2D eigenvalue weighted by Gasteiger charge is 2.19. The number of carbonyl (C=O) groups is 1. The molecule has 0 spiro atoms. The molecule has 0 saturated heterocycles. The van der Waals surface area contributed by atoms with E-state index in [4.69, 9.17) is 52.1 Å². The van der Waals surface area contributed by atoms with Crippen LogP contribution in [-0.2, 0) is 47.4 Å². The lowest BCUT2D eigenvalue weighted by Crippen LogP contribution is -2.16. The van der Waals surface area contributed by atoms with Crippen molar-refractivity contribution < 1.29 is 66.7 Å². The molecule has 0 atom stereocenters. The van der Waals surface area contributed by atoms with E-state index in [2.05, 4.69) is 5.32 Å². The number of nitro groups is 2. The molecule has 2 rings (SSSR count). The Kier molecular flexibility index (Phi) is 27.9. The minimum Gasteiger partial charge on any atom is -0.491 e. The van der Waals surface area contributed by atoms with Crippen LogP contribution in [0.3, 0.4) is 0 Å². The summed E-state index contributed by atoms with van der Waals surface area (Å²) >= 11 is 0. The second-order valence-electron chi connectivity index (χ2n) is 10.8. The van der Waals surface area contributed by atoms with Crippen molar-refractivity contribution in [2.45, 2.75) is 0 Å². The molecule has 0 heterocycles. The van der Waals surface area contributed by atoms with Crippen LogP contribution < -0.4 is 10.1 Å². The Morgan fingerprint density at radius 2 is 0.852 bits per heavy atom. The number of nitrogens with one attached hydrogen (secondary N) is 1. The van der Waals surface area contributed by atoms with Crippen LogP contribution in [0.2, 0.25) is 0 Å². The minimum atomic E-state index is -0.683. The Morgan fingerprint density at radius 3 is 1.20 bits per heavy atom. The maximum absolute atomic E-state index is 11.2. The van der Waals surface area contributed by atoms with Crippen LogP contribution in [0, 0.1) is 20.2 Å². The number of hydrogen-bond acceptors (Lipinski definition) is 17. The van der Waals surface area contributed by atoms with Crippen molar-refractivity contribution in [1.29, 1.82) is 0 Å². The third-order valence-corrected chi connectivity index (χ3v) is 6.81. The first kappa shape index (κ1) is 46.3. The summed E-state index contributed by atoms with van der Waals surface area (Å²) in [6.07, 6.45) is 0.789. The highest BCUT2D eigenvalue weighted by Crippen LogP contribution is 2.28. The number of nitrogens with zero attached hydrogens (tertiary/aromatic N) is 2. The van der Waals surface area contributed by atoms with Gasteiger partial charge in [0.2, 0.25) is 0 Å². The second-order valence-corrected chi connectivity index (χ2v) is 10.8. The maximum atomic E-state index is 11.2. The predicted molar refractivity (Wildman–Crippen MR) is 194 cm³/mol. The molecule has 0 aliphatic carbocycles. The molecule has 2 aromatic rings. The van der Waals surface area contributed by atoms with Gasteiger partial charge in [-0.05, 0) is 30.3 Å². The smallest absolute Gasteiger partial charge is 0.299 e. The third-order valence-electron chi connectivity index (χ3n) is 6.81. The molecule has 54 heavy (non-hydrogen) atoms. The van der Waals surface area contributed by atoms with Gasteiger partial charge in [0.1, 0.15) is 24.3 Å². The zero-order valence-electron chi connectivity index (χ0n) is 30.6. The summed E-state index contributed by atoms with van der Waals surface area (Å²) in [4.78, 5) is 31.3. The van der Waals surface area contributed by atoms with Gasteiger partial charge in [-0.25, -0.2) is 0 Å². The molecule has 0 amide bonds. The quantitative estimate of drug-likeness (QED) is 0.0449. The van der Waals surface area contributed by atoms with E-state index in [1.807, 2.05) is 0 Å². The standard InChI is InChI=1S/C35H53N3O16/c39-30-31-1-4-33(5-2-31)54-28-27-53-26-25-52-24-23-51-22-21-50-20-19-49-18-17-48-16-15-47-14-13-46-12-11-45-10-9-44-8-7-36-34-6-3-32(37(40)41)29-35(34)38(42)43/h1-6,29-30,36H,7-28H2. The number of rotatable bonds is 38. The van der Waals surface area contributed by atoms with E-state index >= 15 is 0 Å². The molecule has 0 aliphatic rings. The van der Waals surface area contributed by atoms with Gasteiger partial charge in [-0.3, -0.25) is 25.0 Å². The largest absolute Gasteiger partial charge is 0.491 e. The third kappa shape index (κ3) is 24.4. The molecule has 0 unspecified atom stereocenters. The average molecular weight is 772 g/mol. The number of benzene rings is 2. The summed E-state index contributed by atoms with van der Waals surface area (Å²) in [5.41, 5.74) is 0.0702. The Bertz CT molecular complexity index is 1260. The summed E-state index contributed by atoms with van der Waals surface area (Å²) in [5, 5.41) is 24.8. The topological polar surface area (TPSA) is 217 Å². The van der Waals surface area contributed by atoms with Crippen LogP contribution in [0.1, 0.15) is 10.4 Å². The Hall–Kier alpha value is -3.89. The molecule has 0 fully saturated rings. The van der Waals surface area contributed by atoms with Crippen LogP contribution in [0.4, 0.5) is 17.1 Å². The van der Waals surface area contributed by atoms with Crippen molar-refractivity contribution in [2.24, 2.45) is 0 Å². The molecular weight excluding hydrogens is 718 g/mol. The Labute approximate surface area is 314 Å². The number of carbonyl (C=O) groups excluding carboxylic acids is 1. The van der Waals surface area contributed by atoms with E-state index in [-0.39, 0.29) is 30.2 Å². The number of ether oxygens (including phenoxy) is 11. The van der Waals surface area contributed by atoms with Gasteiger partial charge in [0.25, 0.3) is 11.4 Å². The van der Waals surface area contributed by atoms with Gasteiger partial charge in [0, 0.05) is 18.2 Å². The van der Waals surface area contributed by atoms with Gasteiger partial charge in [-0.15, -0.1) is 0 Å². The van der Waals surface area contributed by atoms with Crippen molar-refractivity contribution in [2.75, 3.05) is 151 Å². The van der Waals surface area contributed by atoms with E-state index < -0.39 is 9.85 Å². The first-order valence-electron chi connectivity index (χ1n) is 17.6. The zero-order chi connectivity index (χ0) is 38.7. The van der Waals surface area contributed by atoms with E-state index in [1.165, 1.54) is 12.1 Å². The molecule has 304 valence electrons. The molecule has 19 heteroatoms. The van der Waals surface area contributed by atoms with E-state index in [0.29, 0.717) is 143 Å². The van der Waals surface area contributed by atoms with Crippen molar-refractivity contribution in [1.82, 2.24) is 0 Å². The lowest BCUT2D eigenvalue weighted by molar-refractivity contribution is -0.393. The van der Waals surface area contributed by atoms with Crippen LogP contribution in [0.15, 0.2) is 42.5 Å². The maximum Gasteiger partial charge on any atom is 0.299 e. The first-order valence-corrected chi connectivity index (χ1v) is 17.6. The fraction of sp³-hybridized carbons (Fsp3) is 0.629. The molecule has 1 N–H and O–H groups in total. The van der Waals surface area contributed by atoms with E-state index in [1.54, 1.807) is 24.3 Å². The van der Waals surface area contributed by atoms with Crippen LogP contribution in [-0.4, -0.2) is 161 Å².